The Hall–Kier alpha value is -2.38. The van der Waals surface area contributed by atoms with Crippen LogP contribution in [0.15, 0.2) is 12.1 Å². The lowest BCUT2D eigenvalue weighted by atomic mass is 10.3. The Labute approximate surface area is 96.6 Å². The Balaban J connectivity index is 3.16. The van der Waals surface area contributed by atoms with Crippen molar-refractivity contribution in [3.8, 4) is 5.88 Å². The predicted octanol–water partition coefficient (Wildman–Crippen LogP) is 0.519. The van der Waals surface area contributed by atoms with Crippen LogP contribution >= 0.6 is 0 Å². The maximum absolute atomic E-state index is 10.8. The van der Waals surface area contributed by atoms with E-state index in [2.05, 4.69) is 4.98 Å². The summed E-state index contributed by atoms with van der Waals surface area (Å²) in [5.41, 5.74) is -0.269. The number of likely N-dealkylation sites (N-methyl/N-ethyl adjacent to an activating group) is 1. The number of aliphatic carboxylic acids is 1. The normalized spacial score (nSPS) is 9.76. The third-order valence-electron chi connectivity index (χ3n) is 1.97. The summed E-state index contributed by atoms with van der Waals surface area (Å²) in [6.07, 6.45) is 0. The molecule has 1 aromatic heterocycles. The van der Waals surface area contributed by atoms with Gasteiger partial charge in [-0.3, -0.25) is 14.9 Å². The Morgan fingerprint density at radius 3 is 2.76 bits per heavy atom. The highest BCUT2D eigenvalue weighted by molar-refractivity contribution is 5.74. The number of methoxy groups -OCH3 is 1. The highest BCUT2D eigenvalue weighted by Gasteiger charge is 2.21. The van der Waals surface area contributed by atoms with Crippen molar-refractivity contribution in [2.45, 2.75) is 0 Å². The van der Waals surface area contributed by atoms with Crippen LogP contribution in [0.3, 0.4) is 0 Å². The van der Waals surface area contributed by atoms with Crippen LogP contribution in [0.1, 0.15) is 0 Å². The van der Waals surface area contributed by atoms with E-state index in [1.807, 2.05) is 0 Å². The number of hydrogen-bond acceptors (Lipinski definition) is 6. The molecule has 0 saturated carbocycles. The minimum absolute atomic E-state index is 0.0447. The van der Waals surface area contributed by atoms with E-state index >= 15 is 0 Å². The zero-order chi connectivity index (χ0) is 13.0. The van der Waals surface area contributed by atoms with Crippen molar-refractivity contribution >= 4 is 17.5 Å². The van der Waals surface area contributed by atoms with E-state index in [9.17, 15) is 14.9 Å². The van der Waals surface area contributed by atoms with Crippen LogP contribution in [-0.4, -0.2) is 41.7 Å². The van der Waals surface area contributed by atoms with Crippen LogP contribution in [0.25, 0.3) is 0 Å². The molecule has 1 N–H and O–H groups in total. The standard InChI is InChI=1S/C9H11N3O5/c1-11(5-8(13)14)9-6(12(15)16)3-4-7(10-9)17-2/h3-4H,5H2,1-2H3,(H,13,14). The monoisotopic (exact) mass is 241 g/mol. The summed E-state index contributed by atoms with van der Waals surface area (Å²) in [4.78, 5) is 25.7. The van der Waals surface area contributed by atoms with Gasteiger partial charge in [0.05, 0.1) is 12.0 Å². The maximum atomic E-state index is 10.8. The highest BCUT2D eigenvalue weighted by atomic mass is 16.6. The Morgan fingerprint density at radius 2 is 2.29 bits per heavy atom. The molecule has 1 heterocycles. The number of nitrogens with zero attached hydrogens (tertiary/aromatic N) is 3. The van der Waals surface area contributed by atoms with Gasteiger partial charge in [0.2, 0.25) is 11.7 Å². The third kappa shape index (κ3) is 3.03. The summed E-state index contributed by atoms with van der Waals surface area (Å²) in [5.74, 6) is -0.967. The van der Waals surface area contributed by atoms with E-state index in [1.165, 1.54) is 31.2 Å². The van der Waals surface area contributed by atoms with Gasteiger partial charge in [-0.2, -0.15) is 4.98 Å². The number of nitro groups is 1. The van der Waals surface area contributed by atoms with Gasteiger partial charge in [-0.05, 0) is 0 Å². The maximum Gasteiger partial charge on any atom is 0.323 e. The van der Waals surface area contributed by atoms with Crippen molar-refractivity contribution in [2.75, 3.05) is 25.6 Å². The van der Waals surface area contributed by atoms with Crippen molar-refractivity contribution in [3.63, 3.8) is 0 Å². The SMILES string of the molecule is COc1ccc([N+](=O)[O-])c(N(C)CC(=O)O)n1. The molecular weight excluding hydrogens is 230 g/mol. The van der Waals surface area contributed by atoms with Gasteiger partial charge in [-0.25, -0.2) is 0 Å². The fraction of sp³-hybridized carbons (Fsp3) is 0.333. The number of hydrogen-bond donors (Lipinski definition) is 1. The summed E-state index contributed by atoms with van der Waals surface area (Å²) in [6, 6.07) is 2.57. The number of pyridine rings is 1. The van der Waals surface area contributed by atoms with E-state index < -0.39 is 10.9 Å². The predicted molar refractivity (Wildman–Crippen MR) is 58.3 cm³/mol. The zero-order valence-electron chi connectivity index (χ0n) is 9.28. The van der Waals surface area contributed by atoms with Crippen molar-refractivity contribution in [1.82, 2.24) is 4.98 Å². The second kappa shape index (κ2) is 5.10. The van der Waals surface area contributed by atoms with Crippen LogP contribution in [-0.2, 0) is 4.79 Å². The molecule has 0 saturated heterocycles. The molecule has 0 fully saturated rings. The molecule has 0 amide bonds. The van der Waals surface area contributed by atoms with Crippen LogP contribution in [0, 0.1) is 10.1 Å². The quantitative estimate of drug-likeness (QED) is 0.591. The number of rotatable bonds is 5. The first-order chi connectivity index (χ1) is 7.95. The van der Waals surface area contributed by atoms with E-state index in [0.717, 1.165) is 0 Å². The number of anilines is 1. The van der Waals surface area contributed by atoms with E-state index in [-0.39, 0.29) is 23.9 Å². The lowest BCUT2D eigenvalue weighted by Crippen LogP contribution is -2.26. The molecule has 0 unspecified atom stereocenters. The van der Waals surface area contributed by atoms with E-state index in [1.54, 1.807) is 0 Å². The first-order valence-electron chi connectivity index (χ1n) is 4.58. The van der Waals surface area contributed by atoms with E-state index in [0.29, 0.717) is 0 Å². The molecule has 8 nitrogen and oxygen atoms in total. The average molecular weight is 241 g/mol. The molecule has 1 aromatic rings. The molecule has 8 heteroatoms. The van der Waals surface area contributed by atoms with E-state index in [4.69, 9.17) is 9.84 Å². The number of ether oxygens (including phenoxy) is 1. The smallest absolute Gasteiger partial charge is 0.323 e. The molecule has 0 radical (unpaired) electrons. The van der Waals surface area contributed by atoms with Gasteiger partial charge in [-0.1, -0.05) is 0 Å². The summed E-state index contributed by atoms with van der Waals surface area (Å²) < 4.78 is 4.84. The van der Waals surface area contributed by atoms with Crippen LogP contribution in [0.2, 0.25) is 0 Å². The molecule has 0 aromatic carbocycles. The minimum Gasteiger partial charge on any atom is -0.481 e. The second-order valence-electron chi connectivity index (χ2n) is 3.20. The fourth-order valence-electron chi connectivity index (χ4n) is 1.24. The lowest BCUT2D eigenvalue weighted by molar-refractivity contribution is -0.384. The van der Waals surface area contributed by atoms with Crippen molar-refractivity contribution in [1.29, 1.82) is 0 Å². The van der Waals surface area contributed by atoms with Gasteiger partial charge < -0.3 is 14.7 Å². The van der Waals surface area contributed by atoms with Crippen LogP contribution < -0.4 is 9.64 Å². The molecule has 92 valence electrons. The van der Waals surface area contributed by atoms with Crippen molar-refractivity contribution in [2.24, 2.45) is 0 Å². The van der Waals surface area contributed by atoms with Gasteiger partial charge in [0.25, 0.3) is 0 Å². The lowest BCUT2D eigenvalue weighted by Gasteiger charge is -2.15. The summed E-state index contributed by atoms with van der Waals surface area (Å²) >= 11 is 0. The van der Waals surface area contributed by atoms with Crippen molar-refractivity contribution in [3.05, 3.63) is 22.2 Å². The summed E-state index contributed by atoms with van der Waals surface area (Å²) in [6.45, 7) is -0.388. The van der Waals surface area contributed by atoms with Gasteiger partial charge >= 0.3 is 11.7 Å². The second-order valence-corrected chi connectivity index (χ2v) is 3.20. The molecule has 0 aliphatic rings. The number of carboxylic acids is 1. The third-order valence-corrected chi connectivity index (χ3v) is 1.97. The Morgan fingerprint density at radius 1 is 1.65 bits per heavy atom. The number of carboxylic acid groups (broad SMARTS) is 1. The molecule has 17 heavy (non-hydrogen) atoms. The molecule has 0 aliphatic heterocycles. The number of aromatic nitrogens is 1. The van der Waals surface area contributed by atoms with Crippen LogP contribution in [0.5, 0.6) is 5.88 Å². The summed E-state index contributed by atoms with van der Waals surface area (Å²) in [7, 11) is 2.78. The Bertz CT molecular complexity index is 448. The molecular formula is C9H11N3O5. The van der Waals surface area contributed by atoms with Crippen LogP contribution in [0.4, 0.5) is 11.5 Å². The molecule has 0 spiro atoms. The topological polar surface area (TPSA) is 106 Å². The number of carbonyl (C=O) groups is 1. The zero-order valence-corrected chi connectivity index (χ0v) is 9.28. The Kier molecular flexibility index (Phi) is 3.81. The fourth-order valence-corrected chi connectivity index (χ4v) is 1.24. The summed E-state index contributed by atoms with van der Waals surface area (Å²) in [5, 5.41) is 19.4. The largest absolute Gasteiger partial charge is 0.481 e. The first kappa shape index (κ1) is 12.7. The first-order valence-corrected chi connectivity index (χ1v) is 4.58. The molecule has 0 bridgehead atoms. The van der Waals surface area contributed by atoms with Gasteiger partial charge in [-0.15, -0.1) is 0 Å². The highest BCUT2D eigenvalue weighted by Crippen LogP contribution is 2.27. The van der Waals surface area contributed by atoms with Crippen molar-refractivity contribution < 1.29 is 19.6 Å². The molecule has 1 rings (SSSR count). The minimum atomic E-state index is -1.11. The molecule has 0 atom stereocenters. The average Bonchev–Trinajstić information content (AvgIpc) is 2.27. The van der Waals surface area contributed by atoms with Gasteiger partial charge in [0, 0.05) is 19.2 Å². The van der Waals surface area contributed by atoms with Gasteiger partial charge in [0.15, 0.2) is 0 Å². The molecule has 0 aliphatic carbocycles. The van der Waals surface area contributed by atoms with Gasteiger partial charge in [0.1, 0.15) is 6.54 Å².